The molecule has 18 nitrogen and oxygen atoms in total. The van der Waals surface area contributed by atoms with Crippen LogP contribution in [-0.2, 0) is 30.0 Å². The third kappa shape index (κ3) is 26.0. The number of hydrogen-bond donors (Lipinski definition) is 4. The summed E-state index contributed by atoms with van der Waals surface area (Å²) in [6.45, 7) is 14.1. The predicted octanol–water partition coefficient (Wildman–Crippen LogP) is -13.7. The summed E-state index contributed by atoms with van der Waals surface area (Å²) in [7, 11) is -5.17. The van der Waals surface area contributed by atoms with Gasteiger partial charge in [0, 0.05) is 46.7 Å². The molecule has 316 valence electrons. The molecule has 0 saturated heterocycles. The normalized spacial score (nSPS) is 17.7. The van der Waals surface area contributed by atoms with E-state index in [1.807, 2.05) is 0 Å². The number of nitrogens with one attached hydrogen (secondary N) is 1. The maximum absolute atomic E-state index is 8.52. The molecule has 0 fully saturated rings. The average Bonchev–Trinajstić information content (AvgIpc) is 3.02. The van der Waals surface area contributed by atoms with E-state index in [1.165, 1.54) is 36.3 Å². The Balaban J connectivity index is -0.000000579. The fraction of sp³-hybridized carbons (Fsp3) is 0.455. The molecule has 21 heteroatoms. The molecule has 3 aromatic carbocycles. The van der Waals surface area contributed by atoms with E-state index in [4.69, 9.17) is 31.7 Å². The smallest absolute Gasteiger partial charge is 0.127 e. The second kappa shape index (κ2) is 33.4. The van der Waals surface area contributed by atoms with Crippen LogP contribution in [-0.4, -0.2) is 134 Å². The Morgan fingerprint density at radius 3 is 1.09 bits per heavy atom. The third-order valence-electron chi connectivity index (χ3n) is 7.97. The Hall–Kier alpha value is -2.93. The van der Waals surface area contributed by atoms with Gasteiger partial charge in [-0.15, -0.1) is 0 Å². The lowest BCUT2D eigenvalue weighted by molar-refractivity contribution is -0.935. The number of nitrogens with two attached hydrogens (primary N) is 3. The average molecular weight is 839 g/mol. The maximum atomic E-state index is 8.52. The van der Waals surface area contributed by atoms with Crippen molar-refractivity contribution >= 4 is 10.4 Å². The third-order valence-corrected chi connectivity index (χ3v) is 7.97. The molecule has 0 saturated carbocycles. The second-order valence-corrected chi connectivity index (χ2v) is 12.4. The van der Waals surface area contributed by atoms with Crippen LogP contribution in [0.15, 0.2) is 72.8 Å². The monoisotopic (exact) mass is 837 g/mol. The molecule has 3 heterocycles. The van der Waals surface area contributed by atoms with Crippen molar-refractivity contribution in [2.24, 2.45) is 0 Å². The summed E-state index contributed by atoms with van der Waals surface area (Å²) >= 11 is 0. The first kappa shape index (κ1) is 60.3. The minimum atomic E-state index is -5.17. The molecule has 3 aliphatic heterocycles. The summed E-state index contributed by atoms with van der Waals surface area (Å²) in [4.78, 5) is 4.05. The van der Waals surface area contributed by atoms with Gasteiger partial charge in [0.15, 0.2) is 0 Å². The number of ether oxygens (including phenoxy) is 3. The Bertz CT molecular complexity index is 1300. The van der Waals surface area contributed by atoms with Crippen LogP contribution in [0, 0.1) is 0 Å². The molecule has 3 aliphatic rings. The van der Waals surface area contributed by atoms with Crippen molar-refractivity contribution in [1.29, 1.82) is 0 Å². The summed E-state index contributed by atoms with van der Waals surface area (Å²) in [5, 5.41) is 7.34. The van der Waals surface area contributed by atoms with E-state index < -0.39 is 10.4 Å². The molecule has 0 spiro atoms. The highest BCUT2D eigenvalue weighted by Gasteiger charge is 2.13. The number of halogens is 2. The van der Waals surface area contributed by atoms with Crippen molar-refractivity contribution in [3.05, 3.63) is 89.5 Å². The molecule has 0 aliphatic carbocycles. The zero-order valence-corrected chi connectivity index (χ0v) is 32.6. The Labute approximate surface area is 329 Å². The largest absolute Gasteiger partial charge is 1.00 e. The minimum Gasteiger partial charge on any atom is -1.00 e. The Kier molecular flexibility index (Phi) is 37.3. The number of hydrogen-bond acceptors (Lipinski definition) is 8. The van der Waals surface area contributed by atoms with Crippen LogP contribution in [0.3, 0.4) is 0 Å². The molecular formula is C33H61Cl2N5O13S. The summed E-state index contributed by atoms with van der Waals surface area (Å²) in [5.41, 5.74) is 3.95. The first-order valence-electron chi connectivity index (χ1n) is 16.1. The number of nitrogens with zero attached hydrogens (tertiary/aromatic N) is 1. The molecule has 0 amide bonds. The quantitative estimate of drug-likeness (QED) is 0.124. The molecule has 0 unspecified atom stereocenters. The summed E-state index contributed by atoms with van der Waals surface area (Å²) in [5.74, 6) is 2.83. The van der Waals surface area contributed by atoms with Gasteiger partial charge in [-0.05, 0) is 36.4 Å². The SMILES string of the molecule is O.O.O.O.O.O.O=S(=O)([O-])[O-].[Cl-].[Cl-].c1cc2cc(c1)OCCN1CCOc3cccc(c3)C[NH2+]CC[NH+](CC[NH2+]C2)CC[NH2+]Cc2cccc(c2)OCC1. The number of benzene rings is 3. The van der Waals surface area contributed by atoms with Gasteiger partial charge in [-0.25, -0.2) is 0 Å². The number of rotatable bonds is 0. The van der Waals surface area contributed by atoms with E-state index in [0.29, 0.717) is 19.8 Å². The molecular weight excluding hydrogens is 777 g/mol. The Morgan fingerprint density at radius 1 is 0.537 bits per heavy atom. The Morgan fingerprint density at radius 2 is 0.815 bits per heavy atom. The van der Waals surface area contributed by atoms with Gasteiger partial charge in [-0.3, -0.25) is 13.3 Å². The second-order valence-electron chi connectivity index (χ2n) is 11.6. The van der Waals surface area contributed by atoms with Crippen LogP contribution in [0.25, 0.3) is 0 Å². The number of quaternary nitrogens is 4. The van der Waals surface area contributed by atoms with Crippen LogP contribution in [0.1, 0.15) is 16.7 Å². The highest BCUT2D eigenvalue weighted by Crippen LogP contribution is 2.15. The first-order chi connectivity index (χ1) is 22.3. The van der Waals surface area contributed by atoms with Gasteiger partial charge in [0.2, 0.25) is 0 Å². The molecule has 19 N–H and O–H groups in total. The molecule has 54 heavy (non-hydrogen) atoms. The van der Waals surface area contributed by atoms with Crippen LogP contribution in [0.4, 0.5) is 0 Å². The van der Waals surface area contributed by atoms with Gasteiger partial charge < -0.3 is 102 Å². The minimum absolute atomic E-state index is 0. The summed E-state index contributed by atoms with van der Waals surface area (Å²) in [6, 6.07) is 25.7. The molecule has 0 aromatic heterocycles. The topological polar surface area (TPSA) is 354 Å². The predicted molar refractivity (Wildman–Crippen MR) is 191 cm³/mol. The molecule has 8 bridgehead atoms. The molecule has 0 radical (unpaired) electrons. The summed E-state index contributed by atoms with van der Waals surface area (Å²) < 4.78 is 52.7. The van der Waals surface area contributed by atoms with Crippen LogP contribution < -0.4 is 59.9 Å². The maximum Gasteiger partial charge on any atom is 0.127 e. The first-order valence-corrected chi connectivity index (χ1v) is 17.5. The van der Waals surface area contributed by atoms with Gasteiger partial charge in [0.25, 0.3) is 0 Å². The molecule has 0 atom stereocenters. The van der Waals surface area contributed by atoms with Crippen LogP contribution >= 0.6 is 0 Å². The summed E-state index contributed by atoms with van der Waals surface area (Å²) in [6.07, 6.45) is 0. The van der Waals surface area contributed by atoms with Gasteiger partial charge in [0.05, 0.1) is 0 Å². The van der Waals surface area contributed by atoms with E-state index in [0.717, 1.165) is 76.2 Å². The van der Waals surface area contributed by atoms with Crippen molar-refractivity contribution < 1.29 is 110 Å². The van der Waals surface area contributed by atoms with Crippen molar-refractivity contribution in [3.8, 4) is 17.2 Å². The van der Waals surface area contributed by atoms with E-state index in [1.54, 1.807) is 4.90 Å². The lowest BCUT2D eigenvalue weighted by Gasteiger charge is -2.23. The van der Waals surface area contributed by atoms with E-state index >= 15 is 0 Å². The standard InChI is InChI=1S/C33H45N5O3.2ClH.H2O4S.6H2O/c1-4-28-22-31(7-1)39-19-16-38-17-20-40-32-8-2-5-29(23-32)26-35-11-14-37(13-10-34-25-28)15-12-36-27-30-6-3-9-33(24-30)41-21-18-38;;;1-5(2,3)4;;;;;;/h1-9,22-24,34-36H,10-21,25-27H2;2*1H;(H2,1,2,3,4);6*1H2. The number of fused-ring (bicyclic) bond motifs is 15. The van der Waals surface area contributed by atoms with E-state index in [2.05, 4.69) is 93.6 Å². The van der Waals surface area contributed by atoms with Crippen molar-refractivity contribution in [2.45, 2.75) is 19.6 Å². The van der Waals surface area contributed by atoms with Crippen molar-refractivity contribution in [2.75, 3.05) is 78.7 Å². The lowest BCUT2D eigenvalue weighted by Crippen LogP contribution is -3.18. The van der Waals surface area contributed by atoms with Gasteiger partial charge in [-0.1, -0.05) is 36.4 Å². The fourth-order valence-corrected chi connectivity index (χ4v) is 5.60. The zero-order valence-electron chi connectivity index (χ0n) is 30.2. The van der Waals surface area contributed by atoms with Crippen LogP contribution in [0.2, 0.25) is 0 Å². The van der Waals surface area contributed by atoms with Crippen molar-refractivity contribution in [3.63, 3.8) is 0 Å². The fourth-order valence-electron chi connectivity index (χ4n) is 5.60. The zero-order chi connectivity index (χ0) is 32.5. The van der Waals surface area contributed by atoms with Gasteiger partial charge in [-0.2, -0.15) is 0 Å². The highest BCUT2D eigenvalue weighted by molar-refractivity contribution is 7.79. The van der Waals surface area contributed by atoms with Crippen molar-refractivity contribution in [1.82, 2.24) is 4.90 Å². The lowest BCUT2D eigenvalue weighted by atomic mass is 10.2. The van der Waals surface area contributed by atoms with Gasteiger partial charge in [0.1, 0.15) is 96.0 Å². The van der Waals surface area contributed by atoms with E-state index in [-0.39, 0.29) is 57.7 Å². The molecule has 6 rings (SSSR count). The van der Waals surface area contributed by atoms with Gasteiger partial charge >= 0.3 is 0 Å². The van der Waals surface area contributed by atoms with Crippen LogP contribution in [0.5, 0.6) is 17.2 Å². The highest BCUT2D eigenvalue weighted by atomic mass is 35.5. The van der Waals surface area contributed by atoms with E-state index in [9.17, 15) is 0 Å². The molecule has 3 aromatic rings.